The highest BCUT2D eigenvalue weighted by Gasteiger charge is 2.11. The quantitative estimate of drug-likeness (QED) is 0.627. The summed E-state index contributed by atoms with van der Waals surface area (Å²) in [6.45, 7) is 3.91. The fourth-order valence-electron chi connectivity index (χ4n) is 2.02. The number of amides is 2. The van der Waals surface area contributed by atoms with E-state index in [1.807, 2.05) is 12.3 Å². The van der Waals surface area contributed by atoms with Crippen LogP contribution in [0.25, 0.3) is 0 Å². The molecule has 0 radical (unpaired) electrons. The summed E-state index contributed by atoms with van der Waals surface area (Å²) in [5, 5.41) is 7.81. The van der Waals surface area contributed by atoms with Gasteiger partial charge in [-0.25, -0.2) is 9.78 Å². The van der Waals surface area contributed by atoms with E-state index in [1.165, 1.54) is 0 Å². The number of carbonyl (C=O) groups is 3. The molecule has 0 unspecified atom stereocenters. The van der Waals surface area contributed by atoms with Crippen molar-refractivity contribution < 1.29 is 23.9 Å². The van der Waals surface area contributed by atoms with Crippen LogP contribution in [0.1, 0.15) is 28.0 Å². The average molecular weight is 391 g/mol. The Balaban J connectivity index is 1.74. The number of esters is 1. The van der Waals surface area contributed by atoms with E-state index in [9.17, 15) is 14.4 Å². The number of hydrogen-bond donors (Lipinski definition) is 2. The van der Waals surface area contributed by atoms with Crippen molar-refractivity contribution in [3.05, 3.63) is 45.9 Å². The zero-order valence-corrected chi connectivity index (χ0v) is 15.9. The highest BCUT2D eigenvalue weighted by Crippen LogP contribution is 2.16. The molecule has 9 heteroatoms. The minimum absolute atomic E-state index is 0.158. The van der Waals surface area contributed by atoms with Crippen LogP contribution < -0.4 is 15.4 Å². The van der Waals surface area contributed by atoms with Gasteiger partial charge in [-0.1, -0.05) is 0 Å². The molecule has 8 nitrogen and oxygen atoms in total. The Labute approximate surface area is 160 Å². The number of nitrogens with one attached hydrogen (secondary N) is 2. The summed E-state index contributed by atoms with van der Waals surface area (Å²) in [6.07, 6.45) is 0. The van der Waals surface area contributed by atoms with Crippen LogP contribution in [0.15, 0.2) is 29.6 Å². The molecule has 2 aromatic rings. The van der Waals surface area contributed by atoms with Crippen molar-refractivity contribution in [2.75, 3.05) is 19.7 Å². The number of carbonyl (C=O) groups excluding carboxylic acids is 3. The van der Waals surface area contributed by atoms with Crippen molar-refractivity contribution in [1.29, 1.82) is 0 Å². The van der Waals surface area contributed by atoms with Gasteiger partial charge in [0.05, 0.1) is 22.8 Å². The third kappa shape index (κ3) is 7.06. The first-order valence-corrected chi connectivity index (χ1v) is 9.20. The van der Waals surface area contributed by atoms with E-state index < -0.39 is 18.5 Å². The van der Waals surface area contributed by atoms with Crippen LogP contribution in [-0.2, 0) is 20.9 Å². The molecule has 0 bridgehead atoms. The molecule has 0 saturated carbocycles. The summed E-state index contributed by atoms with van der Waals surface area (Å²) in [6, 6.07) is 6.39. The molecule has 0 aliphatic rings. The molecule has 27 heavy (non-hydrogen) atoms. The summed E-state index contributed by atoms with van der Waals surface area (Å²) in [4.78, 5) is 39.1. The van der Waals surface area contributed by atoms with Crippen LogP contribution in [0.5, 0.6) is 5.75 Å². The summed E-state index contributed by atoms with van der Waals surface area (Å²) >= 11 is 1.55. The Morgan fingerprint density at radius 3 is 2.48 bits per heavy atom. The Kier molecular flexibility index (Phi) is 7.75. The summed E-state index contributed by atoms with van der Waals surface area (Å²) in [5.41, 5.74) is 1.14. The van der Waals surface area contributed by atoms with E-state index >= 15 is 0 Å². The first-order valence-electron chi connectivity index (χ1n) is 8.32. The number of nitrogens with zero attached hydrogens (tertiary/aromatic N) is 1. The largest absolute Gasteiger partial charge is 0.487 e. The SMILES string of the molecule is CCNC(=O)CNC(=O)COC(=O)c1ccc(OCc2csc(C)n2)cc1. The Hall–Kier alpha value is -2.94. The van der Waals surface area contributed by atoms with Crippen molar-refractivity contribution in [3.63, 3.8) is 0 Å². The third-order valence-electron chi connectivity index (χ3n) is 3.30. The number of ether oxygens (including phenoxy) is 2. The molecular formula is C18H21N3O5S. The molecule has 1 aromatic carbocycles. The zero-order valence-electron chi connectivity index (χ0n) is 15.1. The van der Waals surface area contributed by atoms with E-state index in [4.69, 9.17) is 9.47 Å². The highest BCUT2D eigenvalue weighted by molar-refractivity contribution is 7.09. The fraction of sp³-hybridized carbons (Fsp3) is 0.333. The van der Waals surface area contributed by atoms with Crippen molar-refractivity contribution in [1.82, 2.24) is 15.6 Å². The Bertz CT molecular complexity index is 789. The molecule has 0 aliphatic carbocycles. The molecule has 2 N–H and O–H groups in total. The number of aromatic nitrogens is 1. The predicted molar refractivity (Wildman–Crippen MR) is 99.6 cm³/mol. The van der Waals surface area contributed by atoms with Crippen molar-refractivity contribution in [2.45, 2.75) is 20.5 Å². The number of hydrogen-bond acceptors (Lipinski definition) is 7. The summed E-state index contributed by atoms with van der Waals surface area (Å²) in [7, 11) is 0. The fourth-order valence-corrected chi connectivity index (χ4v) is 2.62. The van der Waals surface area contributed by atoms with Crippen LogP contribution >= 0.6 is 11.3 Å². The molecule has 2 amide bonds. The molecule has 0 fully saturated rings. The van der Waals surface area contributed by atoms with Crippen molar-refractivity contribution >= 4 is 29.1 Å². The van der Waals surface area contributed by atoms with E-state index in [0.717, 1.165) is 10.7 Å². The van der Waals surface area contributed by atoms with Gasteiger partial charge in [-0.3, -0.25) is 9.59 Å². The molecule has 0 aliphatic heterocycles. The number of benzene rings is 1. The normalized spacial score (nSPS) is 10.1. The second-order valence-electron chi connectivity index (χ2n) is 5.48. The van der Waals surface area contributed by atoms with Gasteiger partial charge in [-0.05, 0) is 38.1 Å². The maximum absolute atomic E-state index is 12.0. The first kappa shape index (κ1) is 20.4. The van der Waals surface area contributed by atoms with E-state index in [-0.39, 0.29) is 12.5 Å². The van der Waals surface area contributed by atoms with Gasteiger partial charge in [0, 0.05) is 11.9 Å². The van der Waals surface area contributed by atoms with Gasteiger partial charge in [0.25, 0.3) is 5.91 Å². The molecule has 0 spiro atoms. The molecule has 2 rings (SSSR count). The molecular weight excluding hydrogens is 370 g/mol. The van der Waals surface area contributed by atoms with Crippen LogP contribution in [-0.4, -0.2) is 42.5 Å². The van der Waals surface area contributed by atoms with Crippen molar-refractivity contribution in [2.24, 2.45) is 0 Å². The lowest BCUT2D eigenvalue weighted by Gasteiger charge is -2.08. The van der Waals surface area contributed by atoms with Gasteiger partial charge < -0.3 is 20.1 Å². The lowest BCUT2D eigenvalue weighted by atomic mass is 10.2. The molecule has 144 valence electrons. The van der Waals surface area contributed by atoms with Crippen LogP contribution in [0.3, 0.4) is 0 Å². The minimum atomic E-state index is -0.634. The molecule has 0 atom stereocenters. The van der Waals surface area contributed by atoms with Gasteiger partial charge >= 0.3 is 5.97 Å². The lowest BCUT2D eigenvalue weighted by Crippen LogP contribution is -2.38. The van der Waals surface area contributed by atoms with Crippen molar-refractivity contribution in [3.8, 4) is 5.75 Å². The third-order valence-corrected chi connectivity index (χ3v) is 4.12. The minimum Gasteiger partial charge on any atom is -0.487 e. The Morgan fingerprint density at radius 2 is 1.85 bits per heavy atom. The van der Waals surface area contributed by atoms with Gasteiger partial charge in [0.1, 0.15) is 12.4 Å². The second kappa shape index (κ2) is 10.3. The number of rotatable bonds is 9. The standard InChI is InChI=1S/C18H21N3O5S/c1-3-19-16(22)8-20-17(23)10-26-18(24)13-4-6-15(7-5-13)25-9-14-11-27-12(2)21-14/h4-7,11H,3,8-10H2,1-2H3,(H,19,22)(H,20,23). The van der Waals surface area contributed by atoms with Gasteiger partial charge in [0.2, 0.25) is 5.91 Å². The van der Waals surface area contributed by atoms with Gasteiger partial charge in [-0.2, -0.15) is 0 Å². The average Bonchev–Trinajstić information content (AvgIpc) is 3.08. The van der Waals surface area contributed by atoms with E-state index in [2.05, 4.69) is 15.6 Å². The highest BCUT2D eigenvalue weighted by atomic mass is 32.1. The number of aryl methyl sites for hydroxylation is 1. The maximum Gasteiger partial charge on any atom is 0.338 e. The zero-order chi connectivity index (χ0) is 19.6. The topological polar surface area (TPSA) is 107 Å². The Morgan fingerprint density at radius 1 is 1.11 bits per heavy atom. The van der Waals surface area contributed by atoms with Crippen LogP contribution in [0.4, 0.5) is 0 Å². The molecule has 1 heterocycles. The van der Waals surface area contributed by atoms with Crippen LogP contribution in [0, 0.1) is 6.92 Å². The molecule has 0 saturated heterocycles. The first-order chi connectivity index (χ1) is 13.0. The van der Waals surface area contributed by atoms with Gasteiger partial charge in [0.15, 0.2) is 6.61 Å². The smallest absolute Gasteiger partial charge is 0.338 e. The monoisotopic (exact) mass is 391 g/mol. The van der Waals surface area contributed by atoms with E-state index in [1.54, 1.807) is 42.5 Å². The summed E-state index contributed by atoms with van der Waals surface area (Å²) in [5.74, 6) is -0.893. The maximum atomic E-state index is 12.0. The van der Waals surface area contributed by atoms with Crippen LogP contribution in [0.2, 0.25) is 0 Å². The second-order valence-corrected chi connectivity index (χ2v) is 6.54. The summed E-state index contributed by atoms with van der Waals surface area (Å²) < 4.78 is 10.5. The lowest BCUT2D eigenvalue weighted by molar-refractivity contribution is -0.127. The number of thiazole rings is 1. The predicted octanol–water partition coefficient (Wildman–Crippen LogP) is 1.44. The molecule has 1 aromatic heterocycles. The van der Waals surface area contributed by atoms with Gasteiger partial charge in [-0.15, -0.1) is 11.3 Å². The number of likely N-dealkylation sites (N-methyl/N-ethyl adjacent to an activating group) is 1. The van der Waals surface area contributed by atoms with E-state index in [0.29, 0.717) is 24.5 Å².